The van der Waals surface area contributed by atoms with Crippen molar-refractivity contribution in [2.45, 2.75) is 52.2 Å². The van der Waals surface area contributed by atoms with Crippen LogP contribution in [-0.2, 0) is 16.0 Å². The summed E-state index contributed by atoms with van der Waals surface area (Å²) in [5.41, 5.74) is 5.22. The van der Waals surface area contributed by atoms with E-state index < -0.39 is 0 Å². The number of carbonyl (C=O) groups is 2. The Balaban J connectivity index is 1.32. The highest BCUT2D eigenvalue weighted by atomic mass is 32.1. The highest BCUT2D eigenvalue weighted by Gasteiger charge is 2.34. The Hall–Kier alpha value is -3.36. The number of hydrogen-bond donors (Lipinski definition) is 1. The SMILES string of the molecule is Cc1ccc(NC(=O)N(CC(=O)N2CCc3sccc3C2COc2ccc(C)cc2C)CC2CCCO2)cc1. The highest BCUT2D eigenvalue weighted by Crippen LogP contribution is 2.34. The zero-order valence-corrected chi connectivity index (χ0v) is 23.8. The van der Waals surface area contributed by atoms with Crippen molar-refractivity contribution in [3.05, 3.63) is 81.0 Å². The lowest BCUT2D eigenvalue weighted by Gasteiger charge is -2.37. The molecule has 0 bridgehead atoms. The molecule has 0 saturated carbocycles. The summed E-state index contributed by atoms with van der Waals surface area (Å²) in [6.45, 7) is 8.12. The largest absolute Gasteiger partial charge is 0.491 e. The number of amides is 3. The second-order valence-electron chi connectivity index (χ2n) is 10.5. The molecule has 1 fully saturated rings. The molecule has 3 aromatic rings. The van der Waals surface area contributed by atoms with E-state index in [1.54, 1.807) is 16.2 Å². The molecule has 8 heteroatoms. The lowest BCUT2D eigenvalue weighted by Crippen LogP contribution is -2.50. The first-order chi connectivity index (χ1) is 18.9. The second kappa shape index (κ2) is 12.2. The predicted molar refractivity (Wildman–Crippen MR) is 155 cm³/mol. The minimum Gasteiger partial charge on any atom is -0.491 e. The third kappa shape index (κ3) is 6.62. The lowest BCUT2D eigenvalue weighted by molar-refractivity contribution is -0.135. The van der Waals surface area contributed by atoms with Crippen molar-refractivity contribution < 1.29 is 19.1 Å². The fourth-order valence-electron chi connectivity index (χ4n) is 5.35. The minimum atomic E-state index is -0.293. The molecule has 2 aromatic carbocycles. The van der Waals surface area contributed by atoms with E-state index in [4.69, 9.17) is 9.47 Å². The van der Waals surface area contributed by atoms with E-state index in [-0.39, 0.29) is 30.6 Å². The Bertz CT molecular complexity index is 1300. The van der Waals surface area contributed by atoms with Gasteiger partial charge in [-0.15, -0.1) is 11.3 Å². The van der Waals surface area contributed by atoms with Gasteiger partial charge in [-0.05, 0) is 80.8 Å². The van der Waals surface area contributed by atoms with Crippen molar-refractivity contribution >= 4 is 29.0 Å². The van der Waals surface area contributed by atoms with Crippen LogP contribution in [0, 0.1) is 20.8 Å². The molecule has 0 aliphatic carbocycles. The molecule has 7 nitrogen and oxygen atoms in total. The van der Waals surface area contributed by atoms with Crippen LogP contribution in [0.5, 0.6) is 5.75 Å². The molecule has 1 aromatic heterocycles. The van der Waals surface area contributed by atoms with Crippen LogP contribution in [0.25, 0.3) is 0 Å². The minimum absolute atomic E-state index is 0.0168. The third-order valence-corrected chi connectivity index (χ3v) is 8.50. The summed E-state index contributed by atoms with van der Waals surface area (Å²) >= 11 is 1.73. The number of carbonyl (C=O) groups excluding carboxylic acids is 2. The number of nitrogens with one attached hydrogen (secondary N) is 1. The van der Waals surface area contributed by atoms with Gasteiger partial charge < -0.3 is 24.6 Å². The summed E-state index contributed by atoms with van der Waals surface area (Å²) < 4.78 is 12.1. The van der Waals surface area contributed by atoms with E-state index in [1.165, 1.54) is 10.4 Å². The van der Waals surface area contributed by atoms with Crippen LogP contribution in [0.15, 0.2) is 53.9 Å². The zero-order chi connectivity index (χ0) is 27.4. The number of anilines is 1. The van der Waals surface area contributed by atoms with Crippen molar-refractivity contribution in [3.63, 3.8) is 0 Å². The van der Waals surface area contributed by atoms with Gasteiger partial charge in [0.1, 0.15) is 18.9 Å². The molecule has 3 heterocycles. The first kappa shape index (κ1) is 27.2. The molecule has 2 unspecified atom stereocenters. The number of rotatable bonds is 8. The van der Waals surface area contributed by atoms with Crippen molar-refractivity contribution in [2.24, 2.45) is 0 Å². The monoisotopic (exact) mass is 547 g/mol. The number of urea groups is 1. The molecule has 1 saturated heterocycles. The molecule has 0 spiro atoms. The van der Waals surface area contributed by atoms with Gasteiger partial charge in [-0.25, -0.2) is 4.79 Å². The van der Waals surface area contributed by atoms with Gasteiger partial charge in [-0.3, -0.25) is 4.79 Å². The number of nitrogens with zero attached hydrogens (tertiary/aromatic N) is 2. The van der Waals surface area contributed by atoms with Crippen LogP contribution in [0.3, 0.4) is 0 Å². The van der Waals surface area contributed by atoms with Crippen LogP contribution < -0.4 is 10.1 Å². The summed E-state index contributed by atoms with van der Waals surface area (Å²) in [7, 11) is 0. The number of aryl methyl sites for hydroxylation is 3. The van der Waals surface area contributed by atoms with Crippen LogP contribution in [0.2, 0.25) is 0 Å². The van der Waals surface area contributed by atoms with Gasteiger partial charge >= 0.3 is 6.03 Å². The molecule has 2 atom stereocenters. The van der Waals surface area contributed by atoms with Crippen molar-refractivity contribution in [2.75, 3.05) is 38.2 Å². The van der Waals surface area contributed by atoms with Gasteiger partial charge in [0.2, 0.25) is 5.91 Å². The van der Waals surface area contributed by atoms with E-state index >= 15 is 0 Å². The van der Waals surface area contributed by atoms with E-state index in [1.807, 2.05) is 55.1 Å². The first-order valence-electron chi connectivity index (χ1n) is 13.7. The van der Waals surface area contributed by atoms with Gasteiger partial charge in [-0.1, -0.05) is 35.4 Å². The zero-order valence-electron chi connectivity index (χ0n) is 22.9. The molecule has 1 N–H and O–H groups in total. The van der Waals surface area contributed by atoms with Gasteiger partial charge in [0.15, 0.2) is 0 Å². The Labute approximate surface area is 234 Å². The van der Waals surface area contributed by atoms with Crippen LogP contribution in [-0.4, -0.2) is 60.7 Å². The van der Waals surface area contributed by atoms with Crippen molar-refractivity contribution in [1.82, 2.24) is 9.80 Å². The molecular formula is C31H37N3O4S. The summed E-state index contributed by atoms with van der Waals surface area (Å²) in [5, 5.41) is 5.05. The standard InChI is InChI=1S/C31H37N3O4S/c1-21-6-9-24(10-7-21)32-31(36)33(18-25-5-4-15-37-25)19-30(35)34-14-12-29-26(13-16-39-29)27(34)20-38-28-11-8-22(2)17-23(28)3/h6-11,13,16-17,25,27H,4-5,12,14-15,18-20H2,1-3H3,(H,32,36). The summed E-state index contributed by atoms with van der Waals surface area (Å²) in [6, 6.07) is 15.4. The third-order valence-electron chi connectivity index (χ3n) is 7.51. The fraction of sp³-hybridized carbons (Fsp3) is 0.419. The normalized spacial score (nSPS) is 18.5. The van der Waals surface area contributed by atoms with Crippen LogP contribution in [0.1, 0.15) is 46.0 Å². The van der Waals surface area contributed by atoms with Gasteiger partial charge in [0.25, 0.3) is 0 Å². The first-order valence-corrected chi connectivity index (χ1v) is 14.6. The Morgan fingerprint density at radius 3 is 2.64 bits per heavy atom. The predicted octanol–water partition coefficient (Wildman–Crippen LogP) is 5.89. The Kier molecular flexibility index (Phi) is 8.53. The smallest absolute Gasteiger partial charge is 0.322 e. The Morgan fingerprint density at radius 1 is 1.10 bits per heavy atom. The summed E-state index contributed by atoms with van der Waals surface area (Å²) in [5.74, 6) is 0.742. The maximum absolute atomic E-state index is 13.9. The topological polar surface area (TPSA) is 71.1 Å². The molecule has 2 aliphatic heterocycles. The molecule has 3 amide bonds. The lowest BCUT2D eigenvalue weighted by atomic mass is 10.00. The molecule has 206 valence electrons. The van der Waals surface area contributed by atoms with Crippen molar-refractivity contribution in [1.29, 1.82) is 0 Å². The highest BCUT2D eigenvalue weighted by molar-refractivity contribution is 7.10. The average molecular weight is 548 g/mol. The molecular weight excluding hydrogens is 510 g/mol. The van der Waals surface area contributed by atoms with Gasteiger partial charge in [0.05, 0.1) is 12.1 Å². The van der Waals surface area contributed by atoms with E-state index in [0.717, 1.165) is 41.7 Å². The molecule has 5 rings (SSSR count). The Morgan fingerprint density at radius 2 is 1.90 bits per heavy atom. The van der Waals surface area contributed by atoms with Gasteiger partial charge in [0, 0.05) is 30.3 Å². The fourth-order valence-corrected chi connectivity index (χ4v) is 6.28. The summed E-state index contributed by atoms with van der Waals surface area (Å²) in [4.78, 5) is 32.0. The quantitative estimate of drug-likeness (QED) is 0.382. The second-order valence-corrected chi connectivity index (χ2v) is 11.5. The van der Waals surface area contributed by atoms with E-state index in [0.29, 0.717) is 32.0 Å². The van der Waals surface area contributed by atoms with E-state index in [2.05, 4.69) is 29.8 Å². The van der Waals surface area contributed by atoms with Gasteiger partial charge in [-0.2, -0.15) is 0 Å². The number of thiophene rings is 1. The van der Waals surface area contributed by atoms with E-state index in [9.17, 15) is 9.59 Å². The maximum atomic E-state index is 13.9. The van der Waals surface area contributed by atoms with Crippen molar-refractivity contribution in [3.8, 4) is 5.75 Å². The number of benzene rings is 2. The van der Waals surface area contributed by atoms with Crippen LogP contribution >= 0.6 is 11.3 Å². The molecule has 39 heavy (non-hydrogen) atoms. The molecule has 2 aliphatic rings. The number of ether oxygens (including phenoxy) is 2. The maximum Gasteiger partial charge on any atom is 0.322 e. The summed E-state index contributed by atoms with van der Waals surface area (Å²) in [6.07, 6.45) is 2.60. The number of fused-ring (bicyclic) bond motifs is 1. The molecule has 0 radical (unpaired) electrons. The average Bonchev–Trinajstić information content (AvgIpc) is 3.61. The van der Waals surface area contributed by atoms with Crippen LogP contribution in [0.4, 0.5) is 10.5 Å². The number of hydrogen-bond acceptors (Lipinski definition) is 5.